The first-order chi connectivity index (χ1) is 10.1. The van der Waals surface area contributed by atoms with Crippen LogP contribution >= 0.6 is 0 Å². The Labute approximate surface area is 124 Å². The number of methoxy groups -OCH3 is 1. The molecule has 2 aromatic carbocycles. The lowest BCUT2D eigenvalue weighted by Crippen LogP contribution is -2.34. The number of hydrogen-bond donors (Lipinski definition) is 2. The smallest absolute Gasteiger partial charge is 0.255 e. The van der Waals surface area contributed by atoms with E-state index in [1.54, 1.807) is 18.2 Å². The Kier molecular flexibility index (Phi) is 4.82. The number of ether oxygens (including phenoxy) is 1. The molecule has 2 rings (SSSR count). The van der Waals surface area contributed by atoms with Crippen LogP contribution < -0.4 is 15.8 Å². The van der Waals surface area contributed by atoms with Gasteiger partial charge < -0.3 is 15.8 Å². The molecule has 0 heterocycles. The third kappa shape index (κ3) is 3.75. The maximum Gasteiger partial charge on any atom is 0.255 e. The summed E-state index contributed by atoms with van der Waals surface area (Å²) in [6, 6.07) is 15.2. The molecule has 4 nitrogen and oxygen atoms in total. The maximum absolute atomic E-state index is 12.3. The van der Waals surface area contributed by atoms with E-state index in [2.05, 4.69) is 5.32 Å². The second kappa shape index (κ2) is 6.79. The van der Waals surface area contributed by atoms with E-state index < -0.39 is 0 Å². The van der Waals surface area contributed by atoms with Gasteiger partial charge in [0.05, 0.1) is 18.4 Å². The average molecular weight is 284 g/mol. The Balaban J connectivity index is 2.06. The number of carbonyl (C=O) groups excluding carboxylic acids is 1. The number of anilines is 1. The van der Waals surface area contributed by atoms with Crippen molar-refractivity contribution in [1.29, 1.82) is 0 Å². The number of benzene rings is 2. The summed E-state index contributed by atoms with van der Waals surface area (Å²) in [5, 5.41) is 2.97. The van der Waals surface area contributed by atoms with Crippen molar-refractivity contribution in [2.75, 3.05) is 12.8 Å². The van der Waals surface area contributed by atoms with Crippen LogP contribution in [0.5, 0.6) is 5.75 Å². The normalized spacial score (nSPS) is 11.7. The fourth-order valence-electron chi connectivity index (χ4n) is 2.28. The van der Waals surface area contributed by atoms with Gasteiger partial charge in [-0.1, -0.05) is 36.4 Å². The van der Waals surface area contributed by atoms with Crippen LogP contribution in [-0.2, 0) is 6.42 Å². The summed E-state index contributed by atoms with van der Waals surface area (Å²) in [5.74, 6) is 0.240. The fraction of sp³-hybridized carbons (Fsp3) is 0.235. The molecule has 0 radical (unpaired) electrons. The van der Waals surface area contributed by atoms with Gasteiger partial charge >= 0.3 is 0 Å². The number of carbonyl (C=O) groups is 1. The summed E-state index contributed by atoms with van der Waals surface area (Å²) in [5.41, 5.74) is 7.92. The van der Waals surface area contributed by atoms with Crippen molar-refractivity contribution < 1.29 is 9.53 Å². The first kappa shape index (κ1) is 14.9. The molecule has 1 amide bonds. The molecule has 0 fully saturated rings. The van der Waals surface area contributed by atoms with Gasteiger partial charge in [0, 0.05) is 6.04 Å². The van der Waals surface area contributed by atoms with Crippen LogP contribution in [0.25, 0.3) is 0 Å². The van der Waals surface area contributed by atoms with Crippen molar-refractivity contribution in [3.8, 4) is 5.75 Å². The minimum absolute atomic E-state index is 0.0195. The Hall–Kier alpha value is -2.49. The lowest BCUT2D eigenvalue weighted by atomic mass is 10.1. The molecule has 1 atom stereocenters. The van der Waals surface area contributed by atoms with E-state index in [-0.39, 0.29) is 11.9 Å². The average Bonchev–Trinajstić information content (AvgIpc) is 2.47. The maximum atomic E-state index is 12.3. The summed E-state index contributed by atoms with van der Waals surface area (Å²) in [7, 11) is 1.51. The molecule has 2 aromatic rings. The van der Waals surface area contributed by atoms with Crippen molar-refractivity contribution in [1.82, 2.24) is 5.32 Å². The third-order valence-electron chi connectivity index (χ3n) is 3.26. The Morgan fingerprint density at radius 3 is 2.57 bits per heavy atom. The van der Waals surface area contributed by atoms with Crippen molar-refractivity contribution in [3.05, 3.63) is 59.7 Å². The second-order valence-corrected chi connectivity index (χ2v) is 4.99. The molecule has 0 aliphatic rings. The van der Waals surface area contributed by atoms with Crippen LogP contribution in [-0.4, -0.2) is 19.1 Å². The molecule has 0 spiro atoms. The predicted octanol–water partition coefficient (Wildman–Crippen LogP) is 2.64. The highest BCUT2D eigenvalue weighted by molar-refractivity contribution is 5.98. The van der Waals surface area contributed by atoms with Gasteiger partial charge in [-0.3, -0.25) is 4.79 Å². The van der Waals surface area contributed by atoms with Crippen molar-refractivity contribution in [2.45, 2.75) is 19.4 Å². The Bertz CT molecular complexity index is 611. The number of amides is 1. The standard InChI is InChI=1S/C17H20N2O2/c1-12(11-13-7-4-3-5-8-13)19-17(20)14-9-6-10-15(18)16(14)21-2/h3-10,12H,11,18H2,1-2H3,(H,19,20). The lowest BCUT2D eigenvalue weighted by molar-refractivity contribution is 0.0937. The highest BCUT2D eigenvalue weighted by Crippen LogP contribution is 2.25. The summed E-state index contributed by atoms with van der Waals surface area (Å²) in [6.45, 7) is 1.98. The van der Waals surface area contributed by atoms with E-state index in [4.69, 9.17) is 10.5 Å². The minimum atomic E-state index is -0.178. The van der Waals surface area contributed by atoms with Crippen LogP contribution in [0.15, 0.2) is 48.5 Å². The molecule has 1 unspecified atom stereocenters. The molecule has 0 saturated heterocycles. The minimum Gasteiger partial charge on any atom is -0.494 e. The molecular formula is C17H20N2O2. The number of para-hydroxylation sites is 1. The van der Waals surface area contributed by atoms with Crippen molar-refractivity contribution >= 4 is 11.6 Å². The van der Waals surface area contributed by atoms with Gasteiger partial charge in [0.25, 0.3) is 5.91 Å². The zero-order valence-electron chi connectivity index (χ0n) is 12.3. The van der Waals surface area contributed by atoms with E-state index in [0.29, 0.717) is 17.0 Å². The predicted molar refractivity (Wildman–Crippen MR) is 84.5 cm³/mol. The van der Waals surface area contributed by atoms with Crippen LogP contribution in [0.2, 0.25) is 0 Å². The summed E-state index contributed by atoms with van der Waals surface area (Å²) in [6.07, 6.45) is 0.775. The molecule has 0 aliphatic heterocycles. The van der Waals surface area contributed by atoms with E-state index in [1.807, 2.05) is 37.3 Å². The topological polar surface area (TPSA) is 64.3 Å². The number of rotatable bonds is 5. The molecular weight excluding hydrogens is 264 g/mol. The second-order valence-electron chi connectivity index (χ2n) is 4.99. The van der Waals surface area contributed by atoms with Gasteiger partial charge in [0.2, 0.25) is 0 Å². The Morgan fingerprint density at radius 2 is 1.90 bits per heavy atom. The molecule has 21 heavy (non-hydrogen) atoms. The van der Waals surface area contributed by atoms with Crippen LogP contribution in [0.4, 0.5) is 5.69 Å². The van der Waals surface area contributed by atoms with Gasteiger partial charge in [-0.2, -0.15) is 0 Å². The first-order valence-electron chi connectivity index (χ1n) is 6.89. The molecule has 3 N–H and O–H groups in total. The van der Waals surface area contributed by atoms with E-state index in [0.717, 1.165) is 6.42 Å². The van der Waals surface area contributed by atoms with Gasteiger partial charge in [0.15, 0.2) is 5.75 Å². The van der Waals surface area contributed by atoms with Crippen LogP contribution in [0.3, 0.4) is 0 Å². The summed E-state index contributed by atoms with van der Waals surface area (Å²) < 4.78 is 5.21. The zero-order valence-corrected chi connectivity index (χ0v) is 12.3. The van der Waals surface area contributed by atoms with Crippen molar-refractivity contribution in [3.63, 3.8) is 0 Å². The Morgan fingerprint density at radius 1 is 1.19 bits per heavy atom. The van der Waals surface area contributed by atoms with Gasteiger partial charge in [-0.25, -0.2) is 0 Å². The SMILES string of the molecule is COc1c(N)cccc1C(=O)NC(C)Cc1ccccc1. The molecule has 110 valence electrons. The number of nitrogens with one attached hydrogen (secondary N) is 1. The molecule has 0 aliphatic carbocycles. The highest BCUT2D eigenvalue weighted by atomic mass is 16.5. The molecule has 0 bridgehead atoms. The first-order valence-corrected chi connectivity index (χ1v) is 6.89. The molecule has 0 saturated carbocycles. The van der Waals surface area contributed by atoms with Gasteiger partial charge in [-0.15, -0.1) is 0 Å². The third-order valence-corrected chi connectivity index (χ3v) is 3.26. The van der Waals surface area contributed by atoms with Crippen LogP contribution in [0.1, 0.15) is 22.8 Å². The van der Waals surface area contributed by atoms with E-state index >= 15 is 0 Å². The number of hydrogen-bond acceptors (Lipinski definition) is 3. The zero-order chi connectivity index (χ0) is 15.2. The van der Waals surface area contributed by atoms with Gasteiger partial charge in [-0.05, 0) is 31.0 Å². The summed E-state index contributed by atoms with van der Waals surface area (Å²) >= 11 is 0. The summed E-state index contributed by atoms with van der Waals surface area (Å²) in [4.78, 5) is 12.3. The van der Waals surface area contributed by atoms with Crippen molar-refractivity contribution in [2.24, 2.45) is 0 Å². The number of nitrogen functional groups attached to an aromatic ring is 1. The van der Waals surface area contributed by atoms with E-state index in [1.165, 1.54) is 12.7 Å². The molecule has 4 heteroatoms. The van der Waals surface area contributed by atoms with Gasteiger partial charge in [0.1, 0.15) is 0 Å². The monoisotopic (exact) mass is 284 g/mol. The lowest BCUT2D eigenvalue weighted by Gasteiger charge is -2.16. The fourth-order valence-corrected chi connectivity index (χ4v) is 2.28. The highest BCUT2D eigenvalue weighted by Gasteiger charge is 2.16. The molecule has 0 aromatic heterocycles. The quantitative estimate of drug-likeness (QED) is 0.830. The number of nitrogens with two attached hydrogens (primary N) is 1. The van der Waals surface area contributed by atoms with Crippen LogP contribution in [0, 0.1) is 0 Å². The van der Waals surface area contributed by atoms with E-state index in [9.17, 15) is 4.79 Å². The largest absolute Gasteiger partial charge is 0.494 e.